The molecule has 0 saturated carbocycles. The number of carbonyl (C=O) groups is 1. The first-order valence-corrected chi connectivity index (χ1v) is 12.2. The first kappa shape index (κ1) is 23.9. The lowest BCUT2D eigenvalue weighted by Crippen LogP contribution is -3.00. The molecule has 2 nitrogen and oxygen atoms in total. The van der Waals surface area contributed by atoms with Crippen molar-refractivity contribution in [3.63, 3.8) is 0 Å². The minimum absolute atomic E-state index is 0. The highest BCUT2D eigenvalue weighted by Crippen LogP contribution is 2.57. The van der Waals surface area contributed by atoms with E-state index in [0.29, 0.717) is 6.42 Å². The molecule has 0 unspecified atom stereocenters. The third-order valence-electron chi connectivity index (χ3n) is 5.65. The zero-order valence-corrected chi connectivity index (χ0v) is 20.0. The van der Waals surface area contributed by atoms with Crippen LogP contribution in [0.3, 0.4) is 0 Å². The molecule has 0 saturated heterocycles. The molecule has 162 valence electrons. The summed E-state index contributed by atoms with van der Waals surface area (Å²) in [4.78, 5) is 13.1. The number of hydrogen-bond donors (Lipinski definition) is 0. The van der Waals surface area contributed by atoms with Crippen molar-refractivity contribution >= 4 is 29.1 Å². The molecule has 0 aromatic heterocycles. The van der Waals surface area contributed by atoms with Gasteiger partial charge >= 0.3 is 0 Å². The number of ketones is 1. The highest BCUT2D eigenvalue weighted by Gasteiger charge is 2.49. The number of halogens is 1. The van der Waals surface area contributed by atoms with Gasteiger partial charge in [-0.1, -0.05) is 84.9 Å². The smallest absolute Gasteiger partial charge is 0.181 e. The largest absolute Gasteiger partial charge is 1.00 e. The number of rotatable bonds is 7. The first-order chi connectivity index (χ1) is 15.1. The van der Waals surface area contributed by atoms with E-state index < -0.39 is 7.41 Å². The van der Waals surface area contributed by atoms with Gasteiger partial charge in [0.25, 0.3) is 0 Å². The van der Waals surface area contributed by atoms with E-state index in [1.54, 1.807) is 0 Å². The number of Topliss-reactive ketones (excluding diaryl/α,β-unsaturated/α-hetero) is 1. The van der Waals surface area contributed by atoms with Gasteiger partial charge in [0.2, 0.25) is 0 Å². The van der Waals surface area contributed by atoms with Gasteiger partial charge in [0.15, 0.2) is 13.2 Å². The van der Waals surface area contributed by atoms with Crippen molar-refractivity contribution in [1.29, 1.82) is 0 Å². The highest BCUT2D eigenvalue weighted by atomic mass is 35.5. The fourth-order valence-electron chi connectivity index (χ4n) is 4.27. The van der Waals surface area contributed by atoms with Gasteiger partial charge in [-0.05, 0) is 30.3 Å². The second-order valence-electron chi connectivity index (χ2n) is 7.75. The van der Waals surface area contributed by atoms with Gasteiger partial charge in [0.05, 0.1) is 0 Å². The molecular weight excluding hydrogens is 433 g/mol. The van der Waals surface area contributed by atoms with Gasteiger partial charge in [-0.2, -0.15) is 4.67 Å². The number of nitrogens with zero attached hydrogens (tertiary/aromatic N) is 1. The topological polar surface area (TPSA) is 20.3 Å². The molecular formula is C28H27ClNOP. The second kappa shape index (κ2) is 10.7. The van der Waals surface area contributed by atoms with Gasteiger partial charge in [0.1, 0.15) is 15.9 Å². The van der Waals surface area contributed by atoms with Crippen molar-refractivity contribution in [3.05, 3.63) is 126 Å². The van der Waals surface area contributed by atoms with Crippen LogP contribution >= 0.6 is 7.41 Å². The SMILES string of the molecule is CN(C)[P+](c1ccccc1)(c1ccccc1)c1ccccc1CC(=O)c1ccccc1.[Cl-]. The van der Waals surface area contributed by atoms with Crippen LogP contribution in [0.1, 0.15) is 15.9 Å². The van der Waals surface area contributed by atoms with Gasteiger partial charge < -0.3 is 12.4 Å². The van der Waals surface area contributed by atoms with Crippen LogP contribution in [0, 0.1) is 0 Å². The molecule has 0 spiro atoms. The predicted molar refractivity (Wildman–Crippen MR) is 133 cm³/mol. The number of carbonyl (C=O) groups excluding carboxylic acids is 1. The van der Waals surface area contributed by atoms with Crippen LogP contribution in [-0.4, -0.2) is 24.5 Å². The fourth-order valence-corrected chi connectivity index (χ4v) is 8.55. The van der Waals surface area contributed by atoms with E-state index in [2.05, 4.69) is 97.6 Å². The third kappa shape index (κ3) is 4.54. The minimum atomic E-state index is -2.13. The van der Waals surface area contributed by atoms with Crippen LogP contribution in [0.2, 0.25) is 0 Å². The summed E-state index contributed by atoms with van der Waals surface area (Å²) >= 11 is 0. The van der Waals surface area contributed by atoms with Crippen molar-refractivity contribution in [2.75, 3.05) is 14.1 Å². The maximum absolute atomic E-state index is 13.1. The lowest BCUT2D eigenvalue weighted by atomic mass is 10.0. The molecule has 0 amide bonds. The summed E-state index contributed by atoms with van der Waals surface area (Å²) in [7, 11) is 2.18. The molecule has 0 heterocycles. The van der Waals surface area contributed by atoms with Crippen molar-refractivity contribution in [2.24, 2.45) is 0 Å². The molecule has 4 rings (SSSR count). The van der Waals surface area contributed by atoms with Gasteiger partial charge in [-0.15, -0.1) is 0 Å². The fraction of sp³-hybridized carbons (Fsp3) is 0.107. The van der Waals surface area contributed by atoms with E-state index in [1.165, 1.54) is 15.9 Å². The first-order valence-electron chi connectivity index (χ1n) is 10.5. The molecule has 0 fully saturated rings. The van der Waals surface area contributed by atoms with Crippen molar-refractivity contribution < 1.29 is 17.2 Å². The summed E-state index contributed by atoms with van der Waals surface area (Å²) in [5.74, 6) is 0.144. The highest BCUT2D eigenvalue weighted by molar-refractivity contribution is 7.93. The number of benzene rings is 4. The molecule has 0 aliphatic rings. The molecule has 32 heavy (non-hydrogen) atoms. The Morgan fingerprint density at radius 2 is 1.09 bits per heavy atom. The van der Waals surface area contributed by atoms with Crippen LogP contribution in [0.5, 0.6) is 0 Å². The Kier molecular flexibility index (Phi) is 7.99. The molecule has 0 aliphatic heterocycles. The van der Waals surface area contributed by atoms with Crippen LogP contribution in [0.25, 0.3) is 0 Å². The Balaban J connectivity index is 0.00000289. The molecule has 4 aromatic carbocycles. The van der Waals surface area contributed by atoms with Crippen molar-refractivity contribution in [2.45, 2.75) is 6.42 Å². The monoisotopic (exact) mass is 459 g/mol. The predicted octanol–water partition coefficient (Wildman–Crippen LogP) is 1.89. The standard InChI is InChI=1S/C28H27NOP.ClH/c1-29(2)31(25-17-8-4-9-18-25,26-19-10-5-11-20-26)28-21-13-12-16-24(28)22-27(30)23-14-6-3-7-15-23;/h3-21H,22H2,1-2H3;1H/q+1;/p-1. The minimum Gasteiger partial charge on any atom is -1.00 e. The molecule has 0 N–H and O–H groups in total. The van der Waals surface area contributed by atoms with Crippen LogP contribution in [-0.2, 0) is 6.42 Å². The maximum Gasteiger partial charge on any atom is 0.181 e. The van der Waals surface area contributed by atoms with Gasteiger partial charge in [0, 0.05) is 31.6 Å². The quantitative estimate of drug-likeness (QED) is 0.311. The molecule has 4 heteroatoms. The van der Waals surface area contributed by atoms with Crippen LogP contribution in [0.15, 0.2) is 115 Å². The third-order valence-corrected chi connectivity index (χ3v) is 10.1. The summed E-state index contributed by atoms with van der Waals surface area (Å²) < 4.78 is 2.36. The molecule has 0 radical (unpaired) electrons. The number of hydrogen-bond acceptors (Lipinski definition) is 2. The zero-order chi connectivity index (χ0) is 21.7. The second-order valence-corrected chi connectivity index (χ2v) is 11.3. The lowest BCUT2D eigenvalue weighted by Gasteiger charge is -2.33. The molecule has 4 aromatic rings. The zero-order valence-electron chi connectivity index (χ0n) is 18.4. The van der Waals surface area contributed by atoms with E-state index in [4.69, 9.17) is 0 Å². The average molecular weight is 460 g/mol. The Hall–Kier alpha value is -2.77. The summed E-state index contributed by atoms with van der Waals surface area (Å²) in [5.41, 5.74) is 1.84. The van der Waals surface area contributed by atoms with E-state index in [1.807, 2.05) is 36.4 Å². The van der Waals surface area contributed by atoms with E-state index in [0.717, 1.165) is 11.1 Å². The normalized spacial score (nSPS) is 11.1. The van der Waals surface area contributed by atoms with E-state index in [9.17, 15) is 4.79 Å². The molecule has 0 aliphatic carbocycles. The Morgan fingerprint density at radius 1 is 0.656 bits per heavy atom. The molecule has 0 bridgehead atoms. The van der Waals surface area contributed by atoms with Crippen molar-refractivity contribution in [3.8, 4) is 0 Å². The van der Waals surface area contributed by atoms with E-state index in [-0.39, 0.29) is 18.2 Å². The Bertz CT molecular complexity index is 1110. The van der Waals surface area contributed by atoms with E-state index >= 15 is 0 Å². The van der Waals surface area contributed by atoms with Gasteiger partial charge in [-0.3, -0.25) is 4.79 Å². The summed E-state index contributed by atoms with van der Waals surface area (Å²) in [6, 6.07) is 39.4. The van der Waals surface area contributed by atoms with Gasteiger partial charge in [-0.25, -0.2) is 0 Å². The summed E-state index contributed by atoms with van der Waals surface area (Å²) in [5, 5.41) is 3.80. The maximum atomic E-state index is 13.1. The lowest BCUT2D eigenvalue weighted by molar-refractivity contribution is -0.0000141. The van der Waals surface area contributed by atoms with Crippen LogP contribution < -0.4 is 28.3 Å². The molecule has 0 atom stereocenters. The average Bonchev–Trinajstić information content (AvgIpc) is 2.82. The summed E-state index contributed by atoms with van der Waals surface area (Å²) in [6.45, 7) is 0. The Labute approximate surface area is 197 Å². The Morgan fingerprint density at radius 3 is 1.59 bits per heavy atom. The summed E-state index contributed by atoms with van der Waals surface area (Å²) in [6.07, 6.45) is 0.384. The van der Waals surface area contributed by atoms with Crippen LogP contribution in [0.4, 0.5) is 0 Å². The van der Waals surface area contributed by atoms with Crippen molar-refractivity contribution in [1.82, 2.24) is 4.67 Å².